The molecule has 1 aliphatic carbocycles. The zero-order valence-electron chi connectivity index (χ0n) is 14.5. The topological polar surface area (TPSA) is 82.0 Å². The van der Waals surface area contributed by atoms with E-state index in [1.807, 2.05) is 6.07 Å². The van der Waals surface area contributed by atoms with Gasteiger partial charge in [-0.3, -0.25) is 9.59 Å². The number of hydrogen-bond donors (Lipinski definition) is 2. The number of nitrogens with zero attached hydrogens (tertiary/aromatic N) is 1. The SMILES string of the molecule is N#Cc1ccc(NC(=O)c2cccc(C(=O)NC3CCCCC3)c2)cc1. The van der Waals surface area contributed by atoms with Crippen molar-refractivity contribution >= 4 is 17.5 Å². The van der Waals surface area contributed by atoms with Crippen LogP contribution in [0.5, 0.6) is 0 Å². The van der Waals surface area contributed by atoms with Crippen molar-refractivity contribution in [3.05, 3.63) is 65.2 Å². The second-order valence-electron chi connectivity index (χ2n) is 6.53. The van der Waals surface area contributed by atoms with Gasteiger partial charge in [0.05, 0.1) is 11.6 Å². The molecule has 0 aliphatic heterocycles. The molecule has 2 N–H and O–H groups in total. The van der Waals surface area contributed by atoms with E-state index in [-0.39, 0.29) is 17.9 Å². The summed E-state index contributed by atoms with van der Waals surface area (Å²) in [6.07, 6.45) is 5.57. The Morgan fingerprint density at radius 3 is 2.23 bits per heavy atom. The zero-order chi connectivity index (χ0) is 18.4. The van der Waals surface area contributed by atoms with Crippen LogP contribution in [0.25, 0.3) is 0 Å². The summed E-state index contributed by atoms with van der Waals surface area (Å²) in [7, 11) is 0. The third kappa shape index (κ3) is 4.48. The van der Waals surface area contributed by atoms with Gasteiger partial charge in [-0.2, -0.15) is 5.26 Å². The number of amides is 2. The Balaban J connectivity index is 1.66. The molecule has 0 bridgehead atoms. The molecule has 0 aromatic heterocycles. The lowest BCUT2D eigenvalue weighted by molar-refractivity contribution is 0.0927. The third-order valence-electron chi connectivity index (χ3n) is 4.60. The molecule has 26 heavy (non-hydrogen) atoms. The van der Waals surface area contributed by atoms with Crippen LogP contribution in [0.4, 0.5) is 5.69 Å². The summed E-state index contributed by atoms with van der Waals surface area (Å²) >= 11 is 0. The molecule has 0 atom stereocenters. The number of nitrogens with one attached hydrogen (secondary N) is 2. The molecular weight excluding hydrogens is 326 g/mol. The van der Waals surface area contributed by atoms with E-state index in [0.29, 0.717) is 22.4 Å². The summed E-state index contributed by atoms with van der Waals surface area (Å²) in [5.41, 5.74) is 2.05. The first kappa shape index (κ1) is 17.7. The van der Waals surface area contributed by atoms with Crippen LogP contribution in [-0.2, 0) is 0 Å². The Bertz CT molecular complexity index is 831. The van der Waals surface area contributed by atoms with Crippen molar-refractivity contribution in [2.24, 2.45) is 0 Å². The Morgan fingerprint density at radius 1 is 0.923 bits per heavy atom. The maximum atomic E-state index is 12.4. The highest BCUT2D eigenvalue weighted by Gasteiger charge is 2.17. The fourth-order valence-electron chi connectivity index (χ4n) is 3.15. The average molecular weight is 347 g/mol. The van der Waals surface area contributed by atoms with E-state index >= 15 is 0 Å². The minimum absolute atomic E-state index is 0.134. The number of nitriles is 1. The maximum absolute atomic E-state index is 12.4. The number of rotatable bonds is 4. The van der Waals surface area contributed by atoms with Crippen LogP contribution in [0.3, 0.4) is 0 Å². The molecule has 2 aromatic carbocycles. The monoisotopic (exact) mass is 347 g/mol. The van der Waals surface area contributed by atoms with E-state index in [9.17, 15) is 9.59 Å². The second kappa shape index (κ2) is 8.30. The van der Waals surface area contributed by atoms with Crippen LogP contribution in [0.2, 0.25) is 0 Å². The quantitative estimate of drug-likeness (QED) is 0.881. The summed E-state index contributed by atoms with van der Waals surface area (Å²) in [5, 5.41) is 14.7. The largest absolute Gasteiger partial charge is 0.349 e. The molecule has 0 radical (unpaired) electrons. The van der Waals surface area contributed by atoms with Gasteiger partial charge < -0.3 is 10.6 Å². The van der Waals surface area contributed by atoms with E-state index in [0.717, 1.165) is 25.7 Å². The Morgan fingerprint density at radius 2 is 1.58 bits per heavy atom. The molecule has 3 rings (SSSR count). The lowest BCUT2D eigenvalue weighted by atomic mass is 9.95. The fraction of sp³-hybridized carbons (Fsp3) is 0.286. The zero-order valence-corrected chi connectivity index (χ0v) is 14.5. The molecule has 1 aliphatic rings. The minimum atomic E-state index is -0.290. The van der Waals surface area contributed by atoms with Gasteiger partial charge in [-0.25, -0.2) is 0 Å². The van der Waals surface area contributed by atoms with E-state index in [4.69, 9.17) is 5.26 Å². The van der Waals surface area contributed by atoms with Crippen molar-refractivity contribution < 1.29 is 9.59 Å². The summed E-state index contributed by atoms with van der Waals surface area (Å²) in [6.45, 7) is 0. The highest BCUT2D eigenvalue weighted by atomic mass is 16.2. The van der Waals surface area contributed by atoms with Crippen LogP contribution in [0.1, 0.15) is 58.4 Å². The van der Waals surface area contributed by atoms with Gasteiger partial charge in [0.15, 0.2) is 0 Å². The molecule has 0 unspecified atom stereocenters. The van der Waals surface area contributed by atoms with Crippen molar-refractivity contribution in [2.45, 2.75) is 38.1 Å². The van der Waals surface area contributed by atoms with Gasteiger partial charge >= 0.3 is 0 Å². The number of carbonyl (C=O) groups is 2. The predicted octanol–water partition coefficient (Wildman–Crippen LogP) is 3.87. The van der Waals surface area contributed by atoms with Crippen molar-refractivity contribution in [1.29, 1.82) is 5.26 Å². The molecule has 5 heteroatoms. The molecule has 2 aromatic rings. The molecule has 0 saturated heterocycles. The van der Waals surface area contributed by atoms with Gasteiger partial charge in [0.2, 0.25) is 0 Å². The van der Waals surface area contributed by atoms with E-state index in [1.165, 1.54) is 6.42 Å². The minimum Gasteiger partial charge on any atom is -0.349 e. The number of anilines is 1. The van der Waals surface area contributed by atoms with Crippen molar-refractivity contribution in [1.82, 2.24) is 5.32 Å². The molecular formula is C21H21N3O2. The van der Waals surface area contributed by atoms with Crippen LogP contribution in [-0.4, -0.2) is 17.9 Å². The second-order valence-corrected chi connectivity index (χ2v) is 6.53. The summed E-state index contributed by atoms with van der Waals surface area (Å²) in [4.78, 5) is 24.9. The molecule has 0 spiro atoms. The van der Waals surface area contributed by atoms with Gasteiger partial charge in [0.1, 0.15) is 0 Å². The molecule has 1 saturated carbocycles. The first-order valence-corrected chi connectivity index (χ1v) is 8.88. The average Bonchev–Trinajstić information content (AvgIpc) is 2.69. The lowest BCUT2D eigenvalue weighted by Gasteiger charge is -2.22. The van der Waals surface area contributed by atoms with Crippen LogP contribution in [0, 0.1) is 11.3 Å². The van der Waals surface area contributed by atoms with Crippen molar-refractivity contribution in [3.63, 3.8) is 0 Å². The van der Waals surface area contributed by atoms with E-state index < -0.39 is 0 Å². The first-order valence-electron chi connectivity index (χ1n) is 8.88. The first-order chi connectivity index (χ1) is 12.7. The Hall–Kier alpha value is -3.13. The van der Waals surface area contributed by atoms with Gasteiger partial charge in [-0.15, -0.1) is 0 Å². The van der Waals surface area contributed by atoms with E-state index in [1.54, 1.807) is 48.5 Å². The third-order valence-corrected chi connectivity index (χ3v) is 4.60. The van der Waals surface area contributed by atoms with Crippen molar-refractivity contribution in [2.75, 3.05) is 5.32 Å². The number of benzene rings is 2. The number of carbonyl (C=O) groups excluding carboxylic acids is 2. The Labute approximate surface area is 153 Å². The lowest BCUT2D eigenvalue weighted by Crippen LogP contribution is -2.36. The van der Waals surface area contributed by atoms with E-state index in [2.05, 4.69) is 10.6 Å². The molecule has 2 amide bonds. The summed E-state index contributed by atoms with van der Waals surface area (Å²) < 4.78 is 0. The summed E-state index contributed by atoms with van der Waals surface area (Å²) in [5.74, 6) is -0.424. The fourth-order valence-corrected chi connectivity index (χ4v) is 3.15. The van der Waals surface area contributed by atoms with Crippen LogP contribution < -0.4 is 10.6 Å². The normalized spacial score (nSPS) is 14.3. The predicted molar refractivity (Wildman–Crippen MR) is 99.9 cm³/mol. The molecule has 1 fully saturated rings. The Kier molecular flexibility index (Phi) is 5.65. The summed E-state index contributed by atoms with van der Waals surface area (Å²) in [6, 6.07) is 15.6. The van der Waals surface area contributed by atoms with Gasteiger partial charge in [0.25, 0.3) is 11.8 Å². The maximum Gasteiger partial charge on any atom is 0.255 e. The highest BCUT2D eigenvalue weighted by Crippen LogP contribution is 2.18. The standard InChI is InChI=1S/C21H21N3O2/c22-14-15-9-11-19(12-10-15)24-21(26)17-6-4-5-16(13-17)20(25)23-18-7-2-1-3-8-18/h4-6,9-13,18H,1-3,7-8H2,(H,23,25)(H,24,26). The molecule has 132 valence electrons. The van der Waals surface area contributed by atoms with Crippen molar-refractivity contribution in [3.8, 4) is 6.07 Å². The molecule has 0 heterocycles. The van der Waals surface area contributed by atoms with Gasteiger partial charge in [0, 0.05) is 22.9 Å². The van der Waals surface area contributed by atoms with Crippen LogP contribution in [0.15, 0.2) is 48.5 Å². The van der Waals surface area contributed by atoms with Gasteiger partial charge in [-0.1, -0.05) is 25.3 Å². The highest BCUT2D eigenvalue weighted by molar-refractivity contribution is 6.06. The number of hydrogen-bond acceptors (Lipinski definition) is 3. The van der Waals surface area contributed by atoms with Crippen LogP contribution >= 0.6 is 0 Å². The van der Waals surface area contributed by atoms with Gasteiger partial charge in [-0.05, 0) is 55.3 Å². The molecule has 5 nitrogen and oxygen atoms in total. The smallest absolute Gasteiger partial charge is 0.255 e.